The number of carbonyl (C=O) groups excluding carboxylic acids is 2. The van der Waals surface area contributed by atoms with Gasteiger partial charge in [0.05, 0.1) is 30.3 Å². The van der Waals surface area contributed by atoms with Gasteiger partial charge in [-0.2, -0.15) is 0 Å². The van der Waals surface area contributed by atoms with Gasteiger partial charge in [0.15, 0.2) is 0 Å². The number of likely N-dealkylation sites (tertiary alicyclic amines) is 1. The summed E-state index contributed by atoms with van der Waals surface area (Å²) in [7, 11) is 1.49. The number of benzene rings is 2. The molecule has 1 amide bonds. The number of amides is 1. The normalized spacial score (nSPS) is 17.9. The van der Waals surface area contributed by atoms with E-state index in [1.165, 1.54) is 29.4 Å². The highest BCUT2D eigenvalue weighted by atomic mass is 35.5. The van der Waals surface area contributed by atoms with Gasteiger partial charge in [0.2, 0.25) is 0 Å². The molecule has 1 aliphatic rings. The summed E-state index contributed by atoms with van der Waals surface area (Å²) in [6, 6.07) is 15.5. The fraction of sp³-hybridized carbons (Fsp3) is 0.167. The third-order valence-corrected chi connectivity index (χ3v) is 6.39. The molecule has 0 radical (unpaired) electrons. The molecule has 158 valence electrons. The zero-order valence-electron chi connectivity index (χ0n) is 17.0. The van der Waals surface area contributed by atoms with Crippen molar-refractivity contribution in [3.63, 3.8) is 0 Å². The molecule has 1 unspecified atom stereocenters. The maximum Gasteiger partial charge on any atom is 0.295 e. The van der Waals surface area contributed by atoms with Gasteiger partial charge in [-0.1, -0.05) is 47.5 Å². The first-order valence-corrected chi connectivity index (χ1v) is 10.9. The number of hydrogen-bond donors (Lipinski definition) is 1. The molecule has 2 heterocycles. The van der Waals surface area contributed by atoms with E-state index in [9.17, 15) is 14.7 Å². The van der Waals surface area contributed by atoms with Crippen LogP contribution in [0.15, 0.2) is 65.6 Å². The van der Waals surface area contributed by atoms with Gasteiger partial charge in [0.1, 0.15) is 11.5 Å². The van der Waals surface area contributed by atoms with Crippen LogP contribution < -0.4 is 4.74 Å². The number of aliphatic hydroxyl groups is 1. The van der Waals surface area contributed by atoms with Gasteiger partial charge < -0.3 is 14.7 Å². The van der Waals surface area contributed by atoms with E-state index in [1.807, 2.05) is 48.7 Å². The molecule has 4 rings (SSSR count). The van der Waals surface area contributed by atoms with Crippen LogP contribution in [0.2, 0.25) is 5.02 Å². The van der Waals surface area contributed by atoms with E-state index in [0.29, 0.717) is 16.3 Å². The summed E-state index contributed by atoms with van der Waals surface area (Å²) >= 11 is 7.73. The Bertz CT molecular complexity index is 1190. The first kappa shape index (κ1) is 21.2. The maximum absolute atomic E-state index is 13.1. The Morgan fingerprint density at radius 1 is 1.16 bits per heavy atom. The average Bonchev–Trinajstić information content (AvgIpc) is 3.35. The van der Waals surface area contributed by atoms with Gasteiger partial charge in [-0.05, 0) is 42.1 Å². The van der Waals surface area contributed by atoms with Crippen LogP contribution in [0.4, 0.5) is 0 Å². The number of hydrogen-bond acceptors (Lipinski definition) is 5. The lowest BCUT2D eigenvalue weighted by Gasteiger charge is -2.25. The number of aliphatic hydroxyl groups excluding tert-OH is 1. The van der Waals surface area contributed by atoms with Crippen LogP contribution in [-0.2, 0) is 16.1 Å². The molecule has 0 spiro atoms. The molecule has 1 saturated heterocycles. The minimum Gasteiger partial charge on any atom is -0.507 e. The van der Waals surface area contributed by atoms with Crippen LogP contribution in [0, 0.1) is 6.92 Å². The first-order chi connectivity index (χ1) is 14.9. The van der Waals surface area contributed by atoms with Gasteiger partial charge >= 0.3 is 0 Å². The van der Waals surface area contributed by atoms with Crippen molar-refractivity contribution in [1.29, 1.82) is 0 Å². The number of thiophene rings is 1. The Balaban J connectivity index is 1.87. The third-order valence-electron chi connectivity index (χ3n) is 5.23. The molecule has 0 bridgehead atoms. The van der Waals surface area contributed by atoms with Gasteiger partial charge in [-0.25, -0.2) is 0 Å². The molecule has 5 nitrogen and oxygen atoms in total. The number of carbonyl (C=O) groups is 2. The zero-order chi connectivity index (χ0) is 22.1. The number of halogens is 1. The lowest BCUT2D eigenvalue weighted by molar-refractivity contribution is -0.140. The van der Waals surface area contributed by atoms with Gasteiger partial charge in [-0.15, -0.1) is 11.3 Å². The third kappa shape index (κ3) is 3.96. The molecule has 1 aliphatic heterocycles. The number of ether oxygens (including phenoxy) is 1. The fourth-order valence-corrected chi connectivity index (χ4v) is 4.73. The largest absolute Gasteiger partial charge is 0.507 e. The molecule has 1 N–H and O–H groups in total. The second kappa shape index (κ2) is 8.57. The molecule has 7 heteroatoms. The lowest BCUT2D eigenvalue weighted by atomic mass is 9.94. The van der Waals surface area contributed by atoms with E-state index >= 15 is 0 Å². The minimum atomic E-state index is -0.715. The molecular weight excluding hydrogens is 434 g/mol. The second-order valence-corrected chi connectivity index (χ2v) is 8.71. The number of methoxy groups -OCH3 is 1. The average molecular weight is 454 g/mol. The summed E-state index contributed by atoms with van der Waals surface area (Å²) in [5.41, 5.74) is 2.15. The van der Waals surface area contributed by atoms with E-state index in [0.717, 1.165) is 16.0 Å². The SMILES string of the molecule is COc1ccc(/C(O)=C2/C(=O)C(=O)N(Cc3cccs3)C2c2cccc(C)c2)cc1Cl. The molecule has 31 heavy (non-hydrogen) atoms. The molecular formula is C24H20ClNO4S. The second-order valence-electron chi connectivity index (χ2n) is 7.27. The standard InChI is InChI=1S/C24H20ClNO4S/c1-14-5-3-6-15(11-14)21-20(22(27)16-8-9-19(30-2)18(25)12-16)23(28)24(29)26(21)13-17-7-4-10-31-17/h3-12,21,27H,13H2,1-2H3/b22-20-. The van der Waals surface area contributed by atoms with Crippen molar-refractivity contribution in [2.75, 3.05) is 7.11 Å². The van der Waals surface area contributed by atoms with Crippen molar-refractivity contribution in [3.05, 3.63) is 92.1 Å². The molecule has 1 aromatic heterocycles. The summed E-state index contributed by atoms with van der Waals surface area (Å²) < 4.78 is 5.17. The number of rotatable bonds is 5. The van der Waals surface area contributed by atoms with Gasteiger partial charge in [0.25, 0.3) is 11.7 Å². The predicted octanol–water partition coefficient (Wildman–Crippen LogP) is 5.34. The van der Waals surface area contributed by atoms with E-state index in [1.54, 1.807) is 12.1 Å². The highest BCUT2D eigenvalue weighted by Crippen LogP contribution is 2.41. The van der Waals surface area contributed by atoms with Crippen LogP contribution in [0.3, 0.4) is 0 Å². The lowest BCUT2D eigenvalue weighted by Crippen LogP contribution is -2.28. The fourth-order valence-electron chi connectivity index (χ4n) is 3.77. The van der Waals surface area contributed by atoms with Crippen LogP contribution in [0.25, 0.3) is 5.76 Å². The van der Waals surface area contributed by atoms with Crippen molar-refractivity contribution in [2.45, 2.75) is 19.5 Å². The van der Waals surface area contributed by atoms with Crippen LogP contribution in [0.5, 0.6) is 5.75 Å². The van der Waals surface area contributed by atoms with Crippen LogP contribution in [0.1, 0.15) is 27.6 Å². The number of Topliss-reactive ketones (excluding diaryl/α,β-unsaturated/α-hetero) is 1. The zero-order valence-corrected chi connectivity index (χ0v) is 18.5. The van der Waals surface area contributed by atoms with E-state index in [2.05, 4.69) is 0 Å². The number of aryl methyl sites for hydroxylation is 1. The quantitative estimate of drug-likeness (QED) is 0.321. The Kier molecular flexibility index (Phi) is 5.85. The van der Waals surface area contributed by atoms with Crippen molar-refractivity contribution < 1.29 is 19.4 Å². The Hall–Kier alpha value is -3.09. The maximum atomic E-state index is 13.1. The summed E-state index contributed by atoms with van der Waals surface area (Å²) in [5, 5.41) is 13.3. The highest BCUT2D eigenvalue weighted by Gasteiger charge is 2.46. The Labute approximate surface area is 189 Å². The van der Waals surface area contributed by atoms with Gasteiger partial charge in [-0.3, -0.25) is 9.59 Å². The van der Waals surface area contributed by atoms with E-state index < -0.39 is 17.7 Å². The van der Waals surface area contributed by atoms with Crippen molar-refractivity contribution in [2.24, 2.45) is 0 Å². The summed E-state index contributed by atoms with van der Waals surface area (Å²) in [6.07, 6.45) is 0. The highest BCUT2D eigenvalue weighted by molar-refractivity contribution is 7.09. The molecule has 0 aliphatic carbocycles. The molecule has 3 aromatic rings. The molecule has 1 atom stereocenters. The summed E-state index contributed by atoms with van der Waals surface area (Å²) in [6.45, 7) is 2.22. The number of nitrogens with zero attached hydrogens (tertiary/aromatic N) is 1. The van der Waals surface area contributed by atoms with Crippen molar-refractivity contribution >= 4 is 40.4 Å². The topological polar surface area (TPSA) is 66.8 Å². The summed E-state index contributed by atoms with van der Waals surface area (Å²) in [4.78, 5) is 28.5. The first-order valence-electron chi connectivity index (χ1n) is 9.62. The monoisotopic (exact) mass is 453 g/mol. The van der Waals surface area contributed by atoms with Crippen LogP contribution >= 0.6 is 22.9 Å². The Morgan fingerprint density at radius 2 is 1.97 bits per heavy atom. The molecule has 0 saturated carbocycles. The van der Waals surface area contributed by atoms with Crippen LogP contribution in [-0.4, -0.2) is 28.8 Å². The summed E-state index contributed by atoms with van der Waals surface area (Å²) in [5.74, 6) is -1.16. The van der Waals surface area contributed by atoms with Gasteiger partial charge in [0, 0.05) is 10.4 Å². The van der Waals surface area contributed by atoms with E-state index in [4.69, 9.17) is 16.3 Å². The van der Waals surface area contributed by atoms with E-state index in [-0.39, 0.29) is 17.9 Å². The minimum absolute atomic E-state index is 0.0494. The molecule has 1 fully saturated rings. The van der Waals surface area contributed by atoms with Crippen molar-refractivity contribution in [3.8, 4) is 5.75 Å². The Morgan fingerprint density at radius 3 is 2.61 bits per heavy atom. The van der Waals surface area contributed by atoms with Crippen molar-refractivity contribution in [1.82, 2.24) is 4.90 Å². The number of ketones is 1. The molecule has 2 aromatic carbocycles. The smallest absolute Gasteiger partial charge is 0.295 e. The predicted molar refractivity (Wildman–Crippen MR) is 121 cm³/mol.